The number of ether oxygens (including phenoxy) is 6. The predicted molar refractivity (Wildman–Crippen MR) is 250 cm³/mol. The van der Waals surface area contributed by atoms with Crippen molar-refractivity contribution in [3.8, 4) is 0 Å². The van der Waals surface area contributed by atoms with E-state index in [0.29, 0.717) is 12.8 Å². The fraction of sp³-hybridized carbons (Fsp3) is 0.898. The second-order valence-corrected chi connectivity index (χ2v) is 18.6. The molecule has 3 aliphatic rings. The molecule has 398 valence electrons. The van der Waals surface area contributed by atoms with Crippen LogP contribution in [0.15, 0.2) is 24.3 Å². The lowest BCUT2D eigenvalue weighted by Gasteiger charge is -2.48. The van der Waals surface area contributed by atoms with Crippen molar-refractivity contribution in [1.29, 1.82) is 0 Å². The molecule has 0 spiro atoms. The molecule has 0 aromatic rings. The quantitative estimate of drug-likeness (QED) is 0.0317. The van der Waals surface area contributed by atoms with Crippen LogP contribution in [0.3, 0.4) is 0 Å². The van der Waals surface area contributed by atoms with E-state index in [1.165, 1.54) is 77.0 Å². The van der Waals surface area contributed by atoms with Gasteiger partial charge in [0.05, 0.1) is 38.6 Å². The van der Waals surface area contributed by atoms with Crippen molar-refractivity contribution in [2.75, 3.05) is 26.4 Å². The van der Waals surface area contributed by atoms with Crippen molar-refractivity contribution in [2.45, 2.75) is 253 Å². The van der Waals surface area contributed by atoms with E-state index in [1.54, 1.807) is 6.08 Å². The maximum absolute atomic E-state index is 13.1. The van der Waals surface area contributed by atoms with E-state index in [9.17, 15) is 61.0 Å². The van der Waals surface area contributed by atoms with Crippen molar-refractivity contribution in [3.63, 3.8) is 0 Å². The lowest BCUT2D eigenvalue weighted by molar-refractivity contribution is -0.379. The molecule has 68 heavy (non-hydrogen) atoms. The summed E-state index contributed by atoms with van der Waals surface area (Å²) in [5.41, 5.74) is 0. The Bertz CT molecular complexity index is 1360. The van der Waals surface area contributed by atoms with E-state index < -0.39 is 124 Å². The summed E-state index contributed by atoms with van der Waals surface area (Å²) in [5, 5.41) is 119. The minimum atomic E-state index is -1.97. The molecule has 19 heteroatoms. The Labute approximate surface area is 403 Å². The standard InChI is InChI=1S/C49H89NO18/c1-3-5-7-9-10-11-12-13-14-15-16-17-18-19-20-21-22-23-25-27-37(55)50-32(33(54)26-24-8-6-4-2)31-63-47-43(61)40(58)45(35(29-52)65-47)68-49-44(62)41(59)46(36(30-53)66-49)67-48-42(60)39(57)38(56)34(28-51)64-48/h13-14,24,26,32-36,38-49,51-54,56-62H,3-12,15-23,25,27-31H2,1-2H3,(H,50,55)/b14-13-,26-24+. The smallest absolute Gasteiger partial charge is 0.220 e. The van der Waals surface area contributed by atoms with Crippen LogP contribution in [-0.4, -0.2) is 193 Å². The second-order valence-electron chi connectivity index (χ2n) is 18.6. The van der Waals surface area contributed by atoms with Gasteiger partial charge >= 0.3 is 0 Å². The number of hydrogen-bond donors (Lipinski definition) is 12. The van der Waals surface area contributed by atoms with Crippen molar-refractivity contribution in [2.24, 2.45) is 0 Å². The Morgan fingerprint density at radius 3 is 1.46 bits per heavy atom. The van der Waals surface area contributed by atoms with Crippen LogP contribution >= 0.6 is 0 Å². The molecular formula is C49H89NO18. The summed E-state index contributed by atoms with van der Waals surface area (Å²) in [6.45, 7) is 1.51. The predicted octanol–water partition coefficient (Wildman–Crippen LogP) is 1.64. The van der Waals surface area contributed by atoms with Crippen LogP contribution in [0, 0.1) is 0 Å². The molecule has 0 aromatic carbocycles. The van der Waals surface area contributed by atoms with Crippen LogP contribution in [0.2, 0.25) is 0 Å². The molecular weight excluding hydrogens is 891 g/mol. The van der Waals surface area contributed by atoms with Crippen LogP contribution in [0.1, 0.15) is 149 Å². The Kier molecular flexibility index (Phi) is 30.8. The third-order valence-electron chi connectivity index (χ3n) is 13.0. The number of aliphatic hydroxyl groups excluding tert-OH is 11. The minimum Gasteiger partial charge on any atom is -0.394 e. The van der Waals surface area contributed by atoms with Gasteiger partial charge in [-0.05, 0) is 38.5 Å². The minimum absolute atomic E-state index is 0.240. The molecule has 12 N–H and O–H groups in total. The molecule has 3 aliphatic heterocycles. The van der Waals surface area contributed by atoms with E-state index in [1.807, 2.05) is 13.0 Å². The van der Waals surface area contributed by atoms with Gasteiger partial charge in [-0.1, -0.05) is 128 Å². The molecule has 0 aliphatic carbocycles. The van der Waals surface area contributed by atoms with E-state index in [2.05, 4.69) is 24.4 Å². The van der Waals surface area contributed by atoms with Gasteiger partial charge in [0, 0.05) is 6.42 Å². The van der Waals surface area contributed by atoms with Gasteiger partial charge in [0.25, 0.3) is 0 Å². The maximum Gasteiger partial charge on any atom is 0.220 e. The zero-order valence-corrected chi connectivity index (χ0v) is 40.6. The van der Waals surface area contributed by atoms with E-state index in [4.69, 9.17) is 28.4 Å². The number of carbonyl (C=O) groups is 1. The summed E-state index contributed by atoms with van der Waals surface area (Å²) in [6.07, 6.45) is 4.19. The van der Waals surface area contributed by atoms with Crippen LogP contribution in [0.25, 0.3) is 0 Å². The Hall–Kier alpha value is -1.73. The van der Waals surface area contributed by atoms with Crippen molar-refractivity contribution >= 4 is 5.91 Å². The van der Waals surface area contributed by atoms with E-state index in [-0.39, 0.29) is 18.9 Å². The van der Waals surface area contributed by atoms with Gasteiger partial charge in [0.1, 0.15) is 73.2 Å². The first-order valence-corrected chi connectivity index (χ1v) is 25.6. The molecule has 0 radical (unpaired) electrons. The molecule has 0 bridgehead atoms. The van der Waals surface area contributed by atoms with Gasteiger partial charge in [0.15, 0.2) is 18.9 Å². The molecule has 3 heterocycles. The van der Waals surface area contributed by atoms with Gasteiger partial charge in [-0.3, -0.25) is 4.79 Å². The molecule has 17 atom stereocenters. The highest BCUT2D eigenvalue weighted by atomic mass is 16.8. The summed E-state index contributed by atoms with van der Waals surface area (Å²) >= 11 is 0. The van der Waals surface area contributed by atoms with Gasteiger partial charge in [-0.2, -0.15) is 0 Å². The van der Waals surface area contributed by atoms with Gasteiger partial charge < -0.3 is 89.9 Å². The SMILES string of the molecule is CCCC/C=C/C(O)C(COC1OC(CO)C(OC2OC(CO)C(OC3OC(CO)C(O)C(O)C3O)C(O)C2O)C(O)C1O)NC(=O)CCCCCCCCCCC/C=C\CCCCCCCC. The van der Waals surface area contributed by atoms with Crippen molar-refractivity contribution in [1.82, 2.24) is 5.32 Å². The topological polar surface area (TPSA) is 307 Å². The number of hydrogen-bond acceptors (Lipinski definition) is 18. The number of unbranched alkanes of at least 4 members (excludes halogenated alkanes) is 17. The zero-order chi connectivity index (χ0) is 49.8. The van der Waals surface area contributed by atoms with E-state index >= 15 is 0 Å². The van der Waals surface area contributed by atoms with Crippen LogP contribution in [0.4, 0.5) is 0 Å². The summed E-state index contributed by atoms with van der Waals surface area (Å²) in [5.74, 6) is -0.289. The molecule has 3 fully saturated rings. The number of aliphatic hydroxyl groups is 11. The average Bonchev–Trinajstić information content (AvgIpc) is 3.33. The molecule has 17 unspecified atom stereocenters. The summed E-state index contributed by atoms with van der Waals surface area (Å²) in [6, 6.07) is -0.966. The Morgan fingerprint density at radius 2 is 0.941 bits per heavy atom. The van der Waals surface area contributed by atoms with E-state index in [0.717, 1.165) is 38.5 Å². The third kappa shape index (κ3) is 20.4. The zero-order valence-electron chi connectivity index (χ0n) is 40.6. The molecule has 3 rings (SSSR count). The summed E-state index contributed by atoms with van der Waals surface area (Å²) < 4.78 is 33.9. The first-order valence-electron chi connectivity index (χ1n) is 25.6. The molecule has 3 saturated heterocycles. The number of amides is 1. The Balaban J connectivity index is 1.45. The van der Waals surface area contributed by atoms with Gasteiger partial charge in [-0.25, -0.2) is 0 Å². The lowest BCUT2D eigenvalue weighted by Crippen LogP contribution is -2.66. The number of rotatable bonds is 35. The largest absolute Gasteiger partial charge is 0.394 e. The maximum atomic E-state index is 13.1. The Morgan fingerprint density at radius 1 is 0.515 bits per heavy atom. The number of allylic oxidation sites excluding steroid dienone is 3. The van der Waals surface area contributed by atoms with Gasteiger partial charge in [-0.15, -0.1) is 0 Å². The summed E-state index contributed by atoms with van der Waals surface area (Å²) in [4.78, 5) is 13.1. The highest BCUT2D eigenvalue weighted by molar-refractivity contribution is 5.76. The van der Waals surface area contributed by atoms with Gasteiger partial charge in [0.2, 0.25) is 5.91 Å². The highest BCUT2D eigenvalue weighted by Crippen LogP contribution is 2.33. The molecule has 0 saturated carbocycles. The second kappa shape index (κ2) is 34.6. The van der Waals surface area contributed by atoms with Crippen LogP contribution < -0.4 is 5.32 Å². The highest BCUT2D eigenvalue weighted by Gasteiger charge is 2.53. The van der Waals surface area contributed by atoms with Crippen LogP contribution in [-0.2, 0) is 33.2 Å². The summed E-state index contributed by atoms with van der Waals surface area (Å²) in [7, 11) is 0. The first-order chi connectivity index (χ1) is 32.8. The monoisotopic (exact) mass is 980 g/mol. The fourth-order valence-corrected chi connectivity index (χ4v) is 8.64. The first kappa shape index (κ1) is 60.6. The fourth-order valence-electron chi connectivity index (χ4n) is 8.64. The number of carbonyl (C=O) groups excluding carboxylic acids is 1. The van der Waals surface area contributed by atoms with Crippen molar-refractivity contribution in [3.05, 3.63) is 24.3 Å². The third-order valence-corrected chi connectivity index (χ3v) is 13.0. The van der Waals surface area contributed by atoms with Crippen molar-refractivity contribution < 1.29 is 89.4 Å². The van der Waals surface area contributed by atoms with Crippen LogP contribution in [0.5, 0.6) is 0 Å². The normalized spacial score (nSPS) is 33.3. The average molecular weight is 980 g/mol. The molecule has 1 amide bonds. The lowest BCUT2D eigenvalue weighted by atomic mass is 9.96. The molecule has 0 aromatic heterocycles. The molecule has 19 nitrogen and oxygen atoms in total. The number of nitrogens with one attached hydrogen (secondary N) is 1.